The van der Waals surface area contributed by atoms with E-state index in [0.29, 0.717) is 25.5 Å². The summed E-state index contributed by atoms with van der Waals surface area (Å²) in [5.41, 5.74) is 4.77. The first-order chi connectivity index (χ1) is 6.03. The van der Waals surface area contributed by atoms with Crippen LogP contribution in [0.2, 0.25) is 0 Å². The van der Waals surface area contributed by atoms with Crippen molar-refractivity contribution in [2.24, 2.45) is 5.73 Å². The largest absolute Gasteiger partial charge is 0.390 e. The van der Waals surface area contributed by atoms with Gasteiger partial charge in [-0.1, -0.05) is 0 Å². The van der Waals surface area contributed by atoms with E-state index in [4.69, 9.17) is 10.5 Å². The Morgan fingerprint density at radius 1 is 1.54 bits per heavy atom. The van der Waals surface area contributed by atoms with Gasteiger partial charge in [-0.15, -0.1) is 0 Å². The maximum Gasteiger partial charge on any atom is 0.0656 e. The molecule has 1 fully saturated rings. The van der Waals surface area contributed by atoms with Gasteiger partial charge < -0.3 is 15.6 Å². The number of nitrogens with two attached hydrogens (primary N) is 1. The molecule has 0 amide bonds. The van der Waals surface area contributed by atoms with Crippen molar-refractivity contribution in [1.82, 2.24) is 0 Å². The zero-order chi connectivity index (χ0) is 9.90. The lowest BCUT2D eigenvalue weighted by atomic mass is 9.93. The van der Waals surface area contributed by atoms with E-state index in [1.165, 1.54) is 0 Å². The molecule has 0 aromatic rings. The van der Waals surface area contributed by atoms with Crippen molar-refractivity contribution < 1.29 is 9.84 Å². The molecule has 0 radical (unpaired) electrons. The molecule has 0 aromatic heterocycles. The van der Waals surface area contributed by atoms with Gasteiger partial charge in [0, 0.05) is 6.42 Å². The van der Waals surface area contributed by atoms with Crippen LogP contribution in [-0.2, 0) is 4.74 Å². The average Bonchev–Trinajstić information content (AvgIpc) is 2.34. The third-order valence-electron chi connectivity index (χ3n) is 2.67. The smallest absolute Gasteiger partial charge is 0.0656 e. The van der Waals surface area contributed by atoms with Gasteiger partial charge in [0.1, 0.15) is 0 Å². The molecule has 1 saturated heterocycles. The summed E-state index contributed by atoms with van der Waals surface area (Å²) in [6, 6.07) is 0. The van der Waals surface area contributed by atoms with Crippen molar-refractivity contribution in [2.45, 2.75) is 57.3 Å². The first-order valence-corrected chi connectivity index (χ1v) is 5.11. The minimum Gasteiger partial charge on any atom is -0.390 e. The zero-order valence-electron chi connectivity index (χ0n) is 8.62. The Labute approximate surface area is 80.3 Å². The number of rotatable bonds is 4. The number of hydrogen-bond donors (Lipinski definition) is 2. The maximum atomic E-state index is 9.90. The molecule has 3 N–H and O–H groups in total. The van der Waals surface area contributed by atoms with Crippen LogP contribution < -0.4 is 5.73 Å². The van der Waals surface area contributed by atoms with Crippen LogP contribution >= 0.6 is 0 Å². The minimum atomic E-state index is -0.649. The summed E-state index contributed by atoms with van der Waals surface area (Å²) in [5, 5.41) is 9.90. The van der Waals surface area contributed by atoms with Crippen LogP contribution in [0.3, 0.4) is 0 Å². The van der Waals surface area contributed by atoms with Crippen molar-refractivity contribution in [3.63, 3.8) is 0 Å². The fraction of sp³-hybridized carbons (Fsp3) is 1.00. The highest BCUT2D eigenvalue weighted by Crippen LogP contribution is 2.27. The molecule has 3 nitrogen and oxygen atoms in total. The van der Waals surface area contributed by atoms with E-state index >= 15 is 0 Å². The molecule has 0 bridgehead atoms. The Balaban J connectivity index is 2.30. The second kappa shape index (κ2) is 4.40. The fourth-order valence-corrected chi connectivity index (χ4v) is 1.94. The number of aliphatic hydroxyl groups is 1. The summed E-state index contributed by atoms with van der Waals surface area (Å²) < 4.78 is 5.64. The molecule has 1 aliphatic heterocycles. The number of hydrogen-bond acceptors (Lipinski definition) is 3. The van der Waals surface area contributed by atoms with Crippen LogP contribution in [0.1, 0.15) is 39.5 Å². The van der Waals surface area contributed by atoms with Crippen molar-refractivity contribution in [2.75, 3.05) is 6.54 Å². The standard InChI is InChI=1S/C10H21NO2/c1-8-3-4-9(13-8)7-10(2,12)5-6-11/h8-9,12H,3-7,11H2,1-2H3. The van der Waals surface area contributed by atoms with Crippen LogP contribution in [0.4, 0.5) is 0 Å². The molecular formula is C10H21NO2. The second-order valence-electron chi connectivity index (χ2n) is 4.39. The predicted octanol–water partition coefficient (Wildman–Crippen LogP) is 1.04. The minimum absolute atomic E-state index is 0.233. The third-order valence-corrected chi connectivity index (χ3v) is 2.67. The predicted molar refractivity (Wildman–Crippen MR) is 52.5 cm³/mol. The molecule has 1 heterocycles. The van der Waals surface area contributed by atoms with Crippen molar-refractivity contribution in [1.29, 1.82) is 0 Å². The first kappa shape index (κ1) is 11.0. The first-order valence-electron chi connectivity index (χ1n) is 5.11. The van der Waals surface area contributed by atoms with Crippen LogP contribution in [0.15, 0.2) is 0 Å². The quantitative estimate of drug-likeness (QED) is 0.691. The average molecular weight is 187 g/mol. The molecular weight excluding hydrogens is 166 g/mol. The van der Waals surface area contributed by atoms with Gasteiger partial charge in [-0.3, -0.25) is 0 Å². The van der Waals surface area contributed by atoms with E-state index < -0.39 is 5.60 Å². The molecule has 3 heteroatoms. The Morgan fingerprint density at radius 2 is 2.23 bits per heavy atom. The Kier molecular flexibility index (Phi) is 3.71. The van der Waals surface area contributed by atoms with E-state index in [-0.39, 0.29) is 6.10 Å². The van der Waals surface area contributed by atoms with Gasteiger partial charge in [0.05, 0.1) is 17.8 Å². The normalized spacial score (nSPS) is 33.2. The molecule has 1 aliphatic rings. The van der Waals surface area contributed by atoms with Crippen molar-refractivity contribution >= 4 is 0 Å². The molecule has 0 spiro atoms. The SMILES string of the molecule is CC1CCC(CC(C)(O)CCN)O1. The lowest BCUT2D eigenvalue weighted by Gasteiger charge is -2.25. The highest BCUT2D eigenvalue weighted by Gasteiger charge is 2.29. The van der Waals surface area contributed by atoms with Gasteiger partial charge in [-0.25, -0.2) is 0 Å². The Bertz CT molecular complexity index is 159. The van der Waals surface area contributed by atoms with E-state index in [1.807, 2.05) is 6.92 Å². The van der Waals surface area contributed by atoms with E-state index in [9.17, 15) is 5.11 Å². The Morgan fingerprint density at radius 3 is 2.69 bits per heavy atom. The van der Waals surface area contributed by atoms with Gasteiger partial charge in [0.25, 0.3) is 0 Å². The molecule has 1 rings (SSSR count). The molecule has 3 unspecified atom stereocenters. The maximum absolute atomic E-state index is 9.90. The van der Waals surface area contributed by atoms with E-state index in [2.05, 4.69) is 6.92 Å². The summed E-state index contributed by atoms with van der Waals surface area (Å²) in [7, 11) is 0. The summed E-state index contributed by atoms with van der Waals surface area (Å²) in [6.07, 6.45) is 4.15. The highest BCUT2D eigenvalue weighted by molar-refractivity contribution is 4.81. The van der Waals surface area contributed by atoms with Crippen LogP contribution in [0, 0.1) is 0 Å². The van der Waals surface area contributed by atoms with Crippen molar-refractivity contribution in [3.8, 4) is 0 Å². The van der Waals surface area contributed by atoms with Gasteiger partial charge in [-0.05, 0) is 39.7 Å². The van der Waals surface area contributed by atoms with E-state index in [1.54, 1.807) is 0 Å². The molecule has 0 aliphatic carbocycles. The molecule has 13 heavy (non-hydrogen) atoms. The summed E-state index contributed by atoms with van der Waals surface area (Å²) in [6.45, 7) is 4.46. The molecule has 0 saturated carbocycles. The fourth-order valence-electron chi connectivity index (χ4n) is 1.94. The topological polar surface area (TPSA) is 55.5 Å². The second-order valence-corrected chi connectivity index (χ2v) is 4.39. The monoisotopic (exact) mass is 187 g/mol. The van der Waals surface area contributed by atoms with Crippen LogP contribution in [-0.4, -0.2) is 29.5 Å². The van der Waals surface area contributed by atoms with Gasteiger partial charge in [-0.2, -0.15) is 0 Å². The Hall–Kier alpha value is -0.120. The summed E-state index contributed by atoms with van der Waals surface area (Å²) in [4.78, 5) is 0. The molecule has 3 atom stereocenters. The van der Waals surface area contributed by atoms with Gasteiger partial charge in [0.2, 0.25) is 0 Å². The lowest BCUT2D eigenvalue weighted by Crippen LogP contribution is -2.32. The third kappa shape index (κ3) is 3.63. The molecule has 78 valence electrons. The highest BCUT2D eigenvalue weighted by atomic mass is 16.5. The molecule has 0 aromatic carbocycles. The summed E-state index contributed by atoms with van der Waals surface area (Å²) in [5.74, 6) is 0. The number of ether oxygens (including phenoxy) is 1. The zero-order valence-corrected chi connectivity index (χ0v) is 8.62. The van der Waals surface area contributed by atoms with Gasteiger partial charge in [0.15, 0.2) is 0 Å². The van der Waals surface area contributed by atoms with Crippen LogP contribution in [0.25, 0.3) is 0 Å². The lowest BCUT2D eigenvalue weighted by molar-refractivity contribution is -0.0266. The van der Waals surface area contributed by atoms with Crippen LogP contribution in [0.5, 0.6) is 0 Å². The van der Waals surface area contributed by atoms with E-state index in [0.717, 1.165) is 12.8 Å². The summed E-state index contributed by atoms with van der Waals surface area (Å²) >= 11 is 0. The van der Waals surface area contributed by atoms with Crippen molar-refractivity contribution in [3.05, 3.63) is 0 Å². The van der Waals surface area contributed by atoms with Gasteiger partial charge >= 0.3 is 0 Å².